The molecule has 0 bridgehead atoms. The molecule has 1 N–H and O–H groups in total. The number of nitrogens with zero attached hydrogens (tertiary/aromatic N) is 20. The number of fused-ring (bicyclic) bond motifs is 4. The first-order chi connectivity index (χ1) is 67.7. The van der Waals surface area contributed by atoms with Gasteiger partial charge >= 0.3 is 18.5 Å². The Morgan fingerprint density at radius 1 is 0.420 bits per heavy atom. The quantitative estimate of drug-likeness (QED) is 0.149. The van der Waals surface area contributed by atoms with Gasteiger partial charge in [-0.1, -0.05) is 46.8 Å². The number of thiophene rings is 1. The lowest BCUT2D eigenvalue weighted by molar-refractivity contribution is -0.141. The standard InChI is InChI=1S/C10H8FNS.C10H12N2.C9H9NS.C8H7NO.C8H7NS.C7H6F3N.C7H6N2.C7H9N.C6H6BrN.C6H5F3N2.C6H8N2.C6H7NO.C6H7N.C5H6N2.C4H3F3N2S/c1-7-12-10(6-13-7)8-2-4-9(11)5-3-8;1-7-4-5-10-9(6-7)11-8(2)12(10)3;1-6-3-4-8-9(5-6)11-7(2)10-8;1-6-7-4-2-3-5-8(7)10-9-6;1-6-7-3-5-10-8(7)2-4-9-6;1-5-4-6(2-3-11-5)7(8,9)10;1-6-2-3-7(4-8)5-9-6;1-6-3-4-8-7(2)5-6;1-5-2-3-6(7)4-8-5;1-4-10-3-2-5(11-4)6(7,8)9;1-5-3-7-6(2)8-4-5;1-5-2-3-7-6(8)4-5;1-6-4-2-3-5-7-6;1-5-6-3-2-4-7-5;1-2-8-9-3(10-2)4(5,6)7/h2-6H,1H3;4-6H,1-3H3;3-5H,1-2H3;2*2-5H,1H3;2-4H,1H3;2-3,5H,1H3;3-5H,1-2H3;2-4H,1H3;2-3H,1H3;3-4H,1-2H3;2-4H,1H3,(H,7,8);2-5H,1H3;2-4H,1H3;1H3. The second kappa shape index (κ2) is 59.7. The van der Waals surface area contributed by atoms with Crippen LogP contribution in [0.3, 0.4) is 0 Å². The Kier molecular flexibility index (Phi) is 48.8. The number of aryl methyl sites for hydroxylation is 20. The minimum absolute atomic E-state index is 0.0370. The minimum atomic E-state index is -4.37. The molecule has 23 nitrogen and oxygen atoms in total. The van der Waals surface area contributed by atoms with Gasteiger partial charge in [-0.15, -0.1) is 44.2 Å². The van der Waals surface area contributed by atoms with Crippen LogP contribution in [0.25, 0.3) is 53.6 Å². The van der Waals surface area contributed by atoms with Crippen LogP contribution in [-0.2, 0) is 25.6 Å². The number of thiazole rings is 2. The van der Waals surface area contributed by atoms with Crippen molar-refractivity contribution in [3.8, 4) is 17.3 Å². The van der Waals surface area contributed by atoms with Gasteiger partial charge in [0.05, 0.1) is 53.8 Å². The number of benzene rings is 4. The largest absolute Gasteiger partial charge is 0.445 e. The molecule has 0 saturated carbocycles. The topological polar surface area (TPSA) is 307 Å². The monoisotopic (exact) mass is 2090 g/mol. The van der Waals surface area contributed by atoms with E-state index in [4.69, 9.17) is 9.78 Å². The molecule has 143 heavy (non-hydrogen) atoms. The lowest BCUT2D eigenvalue weighted by atomic mass is 10.2. The van der Waals surface area contributed by atoms with Gasteiger partial charge in [-0.05, 0) is 332 Å². The zero-order valence-corrected chi connectivity index (χ0v) is 86.9. The van der Waals surface area contributed by atoms with Crippen LogP contribution in [0, 0.1) is 149 Å². The predicted molar refractivity (Wildman–Crippen MR) is 553 cm³/mol. The molecule has 0 unspecified atom stereocenters. The number of pyridine rings is 7. The van der Waals surface area contributed by atoms with Crippen molar-refractivity contribution in [3.05, 3.63) is 422 Å². The van der Waals surface area contributed by atoms with E-state index in [-0.39, 0.29) is 17.2 Å². The van der Waals surface area contributed by atoms with Crippen molar-refractivity contribution in [1.29, 1.82) is 5.26 Å². The Labute approximate surface area is 847 Å². The number of aromatic amines is 1. The molecule has 0 aliphatic rings. The molecule has 38 heteroatoms. The summed E-state index contributed by atoms with van der Waals surface area (Å²) in [6.07, 6.45) is 6.79. The summed E-state index contributed by atoms with van der Waals surface area (Å²) in [5, 5.41) is 26.4. The summed E-state index contributed by atoms with van der Waals surface area (Å²) in [4.78, 5) is 72.3. The molecular weight excluding hydrogens is 1990 g/mol. The molecule has 0 saturated heterocycles. The summed E-state index contributed by atoms with van der Waals surface area (Å²) in [5.74, 6) is 2.63. The fourth-order valence-electron chi connectivity index (χ4n) is 11.0. The first-order valence-electron chi connectivity index (χ1n) is 43.3. The lowest BCUT2D eigenvalue weighted by Crippen LogP contribution is -2.08. The zero-order valence-electron chi connectivity index (χ0n) is 82.0. The molecule has 0 spiro atoms. The number of hydrogen-bond acceptors (Lipinski definition) is 25. The highest BCUT2D eigenvalue weighted by atomic mass is 79.9. The number of imidazole rings is 1. The fraction of sp³-hybridized carbons (Fsp3) is 0.219. The number of aromatic nitrogens is 20. The third kappa shape index (κ3) is 45.6. The molecule has 0 amide bonds. The van der Waals surface area contributed by atoms with Crippen LogP contribution in [0.15, 0.2) is 287 Å². The third-order valence-electron chi connectivity index (χ3n) is 18.2. The normalized spacial score (nSPS) is 10.2. The maximum Gasteiger partial charge on any atom is 0.445 e. The highest BCUT2D eigenvalue weighted by Crippen LogP contribution is 2.33. The molecule has 0 radical (unpaired) electrons. The molecule has 16 heterocycles. The van der Waals surface area contributed by atoms with Gasteiger partial charge in [0.15, 0.2) is 5.58 Å². The molecule has 0 aliphatic carbocycles. The van der Waals surface area contributed by atoms with Crippen LogP contribution in [0.2, 0.25) is 0 Å². The average Bonchev–Trinajstić information content (AvgIpc) is 1.66. The average molecular weight is 2090 g/mol. The van der Waals surface area contributed by atoms with Crippen LogP contribution >= 0.6 is 61.3 Å². The first-order valence-corrected chi connectivity index (χ1v) is 47.5. The Morgan fingerprint density at radius 3 is 1.50 bits per heavy atom. The molecule has 4 aromatic carbocycles. The van der Waals surface area contributed by atoms with Gasteiger partial charge in [-0.3, -0.25) is 34.7 Å². The van der Waals surface area contributed by atoms with Crippen molar-refractivity contribution >= 4 is 104 Å². The number of alkyl halides is 9. The van der Waals surface area contributed by atoms with Crippen LogP contribution in [-0.4, -0.2) is 99.7 Å². The third-order valence-corrected chi connectivity index (χ3v) is 22.1. The van der Waals surface area contributed by atoms with Crippen LogP contribution in [0.5, 0.6) is 0 Å². The second-order valence-electron chi connectivity index (χ2n) is 30.7. The number of para-hydroxylation sites is 1. The van der Waals surface area contributed by atoms with Crippen molar-refractivity contribution in [2.24, 2.45) is 7.05 Å². The zero-order chi connectivity index (χ0) is 105. The second-order valence-corrected chi connectivity index (χ2v) is 36.0. The minimum Gasteiger partial charge on any atom is -0.356 e. The Balaban J connectivity index is 0.000000235. The van der Waals surface area contributed by atoms with Gasteiger partial charge in [0.1, 0.15) is 45.9 Å². The highest BCUT2D eigenvalue weighted by Gasteiger charge is 2.35. The van der Waals surface area contributed by atoms with Gasteiger partial charge < -0.3 is 14.1 Å². The van der Waals surface area contributed by atoms with Crippen molar-refractivity contribution in [2.45, 2.75) is 150 Å². The van der Waals surface area contributed by atoms with Gasteiger partial charge in [-0.2, -0.15) is 44.8 Å². The van der Waals surface area contributed by atoms with Crippen molar-refractivity contribution in [2.75, 3.05) is 0 Å². The lowest BCUT2D eigenvalue weighted by Gasteiger charge is -2.05. The Bertz CT molecular complexity index is 7060. The molecule has 20 aromatic rings. The van der Waals surface area contributed by atoms with Crippen LogP contribution < -0.4 is 5.56 Å². The van der Waals surface area contributed by atoms with Crippen molar-refractivity contribution in [1.82, 2.24) is 99.7 Å². The molecule has 0 aliphatic heterocycles. The molecule has 0 fully saturated rings. The predicted octanol–water partition coefficient (Wildman–Crippen LogP) is 28.2. The van der Waals surface area contributed by atoms with Gasteiger partial charge in [0.25, 0.3) is 0 Å². The number of nitriles is 1. The summed E-state index contributed by atoms with van der Waals surface area (Å²) in [5.41, 5.74) is 17.7. The number of hydrogen-bond donors (Lipinski definition) is 1. The van der Waals surface area contributed by atoms with E-state index in [2.05, 4.69) is 190 Å². The summed E-state index contributed by atoms with van der Waals surface area (Å²) < 4.78 is 130. The summed E-state index contributed by atoms with van der Waals surface area (Å²) in [6, 6.07) is 58.5. The molecule has 16 aromatic heterocycles. The molecule has 0 atom stereocenters. The Hall–Kier alpha value is -14.8. The van der Waals surface area contributed by atoms with E-state index in [0.29, 0.717) is 27.6 Å². The van der Waals surface area contributed by atoms with E-state index in [9.17, 15) is 48.7 Å². The van der Waals surface area contributed by atoms with E-state index in [1.165, 1.54) is 69.9 Å². The van der Waals surface area contributed by atoms with Gasteiger partial charge in [0.2, 0.25) is 10.6 Å². The van der Waals surface area contributed by atoms with E-state index in [0.717, 1.165) is 141 Å². The SMILES string of the molecule is Cc1cc(C(F)(F)F)ccn1.Cc1cc[nH]c(=O)c1.Cc1ccc(Br)cn1.Cc1ccc(C#N)cn1.Cc1ccc2c(c1)nc(C)n2C.Cc1ccc2nc(C)sc2c1.Cc1ccccn1.Cc1ccnc(C)c1.Cc1cnc(C)nc1.Cc1nc(-c2ccc(F)cc2)cs1.Cc1nccc(C(F)(F)F)n1.Cc1nccc2sccc12.Cc1ncccn1.Cc1nnc(C(F)(F)F)s1.Cc1noc2ccccc12. The van der Waals surface area contributed by atoms with Crippen molar-refractivity contribution in [3.63, 3.8) is 0 Å². The number of rotatable bonds is 1. The first kappa shape index (κ1) is 117. The number of nitrogens with one attached hydrogen (secondary N) is 1. The van der Waals surface area contributed by atoms with Crippen LogP contribution in [0.1, 0.15) is 128 Å². The summed E-state index contributed by atoms with van der Waals surface area (Å²) in [7, 11) is 2.04. The summed E-state index contributed by atoms with van der Waals surface area (Å²) in [6.45, 7) is 36.1. The van der Waals surface area contributed by atoms with E-state index in [1.54, 1.807) is 102 Å². The molecular formula is C105H106BrF10N21O2S4. The fourth-order valence-corrected chi connectivity index (χ4v) is 14.2. The summed E-state index contributed by atoms with van der Waals surface area (Å²) >= 11 is 8.95. The van der Waals surface area contributed by atoms with E-state index >= 15 is 0 Å². The molecule has 744 valence electrons. The van der Waals surface area contributed by atoms with Gasteiger partial charge in [-0.25, -0.2) is 49.2 Å². The van der Waals surface area contributed by atoms with E-state index in [1.807, 2.05) is 212 Å². The smallest absolute Gasteiger partial charge is 0.356 e. The highest BCUT2D eigenvalue weighted by molar-refractivity contribution is 9.10. The van der Waals surface area contributed by atoms with Gasteiger partial charge in [0, 0.05) is 153 Å². The maximum absolute atomic E-state index is 12.6. The maximum atomic E-state index is 12.6. The molecule has 20 rings (SSSR count). The van der Waals surface area contributed by atoms with E-state index < -0.39 is 34.8 Å². The number of H-pyrrole nitrogens is 1. The van der Waals surface area contributed by atoms with Crippen LogP contribution in [0.4, 0.5) is 43.9 Å². The number of halogens is 11. The Morgan fingerprint density at radius 2 is 1.01 bits per heavy atom. The van der Waals surface area contributed by atoms with Crippen molar-refractivity contribution < 1.29 is 48.4 Å².